The average Bonchev–Trinajstić information content (AvgIpc) is 2.71. The van der Waals surface area contributed by atoms with Crippen LogP contribution in [-0.4, -0.2) is 49.1 Å². The number of thiocarbonyl (C=S) groups is 1. The minimum absolute atomic E-state index is 0.204. The number of hydrazine groups is 1. The van der Waals surface area contributed by atoms with E-state index in [4.69, 9.17) is 17.0 Å². The molecule has 2 rings (SSSR count). The van der Waals surface area contributed by atoms with E-state index in [2.05, 4.69) is 10.7 Å². The molecule has 0 atom stereocenters. The fourth-order valence-corrected chi connectivity index (χ4v) is 2.57. The van der Waals surface area contributed by atoms with Crippen LogP contribution in [0.4, 0.5) is 0 Å². The fraction of sp³-hybridized carbons (Fsp3) is 0.250. The topological polar surface area (TPSA) is 70.7 Å². The van der Waals surface area contributed by atoms with Gasteiger partial charge in [0.1, 0.15) is 0 Å². The van der Waals surface area contributed by atoms with E-state index in [1.807, 2.05) is 6.07 Å². The van der Waals surface area contributed by atoms with Crippen molar-refractivity contribution in [3.63, 3.8) is 0 Å². The molecule has 2 aromatic rings. The van der Waals surface area contributed by atoms with Gasteiger partial charge in [0.15, 0.2) is 10.9 Å². The molecule has 0 saturated heterocycles. The molecule has 142 valence electrons. The van der Waals surface area contributed by atoms with E-state index in [9.17, 15) is 9.59 Å². The highest BCUT2D eigenvalue weighted by molar-refractivity contribution is 7.80. The van der Waals surface area contributed by atoms with Crippen molar-refractivity contribution in [3.8, 4) is 0 Å². The summed E-state index contributed by atoms with van der Waals surface area (Å²) in [5.74, 6) is -0.609. The van der Waals surface area contributed by atoms with Crippen LogP contribution in [0.1, 0.15) is 32.7 Å². The third kappa shape index (κ3) is 5.87. The van der Waals surface area contributed by atoms with Crippen LogP contribution < -0.4 is 10.7 Å². The average molecular weight is 385 g/mol. The van der Waals surface area contributed by atoms with Gasteiger partial charge >= 0.3 is 0 Å². The molecule has 0 saturated carbocycles. The van der Waals surface area contributed by atoms with Crippen LogP contribution in [0, 0.1) is 0 Å². The van der Waals surface area contributed by atoms with Crippen molar-refractivity contribution in [3.05, 3.63) is 71.3 Å². The zero-order valence-electron chi connectivity index (χ0n) is 15.4. The van der Waals surface area contributed by atoms with Crippen LogP contribution in [0.5, 0.6) is 0 Å². The zero-order chi connectivity index (χ0) is 19.6. The summed E-state index contributed by atoms with van der Waals surface area (Å²) in [6.07, 6.45) is 0.798. The summed E-state index contributed by atoms with van der Waals surface area (Å²) >= 11 is 5.25. The van der Waals surface area contributed by atoms with Crippen LogP contribution in [0.15, 0.2) is 54.6 Å². The van der Waals surface area contributed by atoms with Crippen molar-refractivity contribution in [2.75, 3.05) is 27.3 Å². The molecular weight excluding hydrogens is 362 g/mol. The molecule has 0 unspecified atom stereocenters. The molecule has 0 aliphatic rings. The maximum absolute atomic E-state index is 12.8. The van der Waals surface area contributed by atoms with E-state index in [0.717, 1.165) is 6.42 Å². The number of amides is 1. The van der Waals surface area contributed by atoms with Crippen molar-refractivity contribution in [1.82, 2.24) is 15.8 Å². The Labute approximate surface area is 164 Å². The Morgan fingerprint density at radius 2 is 1.67 bits per heavy atom. The summed E-state index contributed by atoms with van der Waals surface area (Å²) in [4.78, 5) is 25.4. The van der Waals surface area contributed by atoms with E-state index in [1.165, 1.54) is 5.01 Å². The lowest BCUT2D eigenvalue weighted by molar-refractivity contribution is 0.0879. The first kappa shape index (κ1) is 20.5. The van der Waals surface area contributed by atoms with Gasteiger partial charge in [-0.25, -0.2) is 0 Å². The first-order valence-corrected chi connectivity index (χ1v) is 8.95. The number of ketones is 1. The number of ether oxygens (including phenoxy) is 1. The van der Waals surface area contributed by atoms with Gasteiger partial charge in [-0.1, -0.05) is 48.5 Å². The highest BCUT2D eigenvalue weighted by atomic mass is 32.1. The third-order valence-electron chi connectivity index (χ3n) is 3.83. The number of rotatable bonds is 7. The fourth-order valence-electron chi connectivity index (χ4n) is 2.42. The Kier molecular flexibility index (Phi) is 7.91. The van der Waals surface area contributed by atoms with Crippen LogP contribution in [0.3, 0.4) is 0 Å². The molecule has 0 heterocycles. The van der Waals surface area contributed by atoms with E-state index < -0.39 is 5.91 Å². The monoisotopic (exact) mass is 385 g/mol. The van der Waals surface area contributed by atoms with Gasteiger partial charge in [-0.15, -0.1) is 0 Å². The molecule has 2 aromatic carbocycles. The first-order chi connectivity index (χ1) is 13.0. The molecule has 0 fully saturated rings. The number of hydrogen-bond donors (Lipinski definition) is 2. The van der Waals surface area contributed by atoms with Gasteiger partial charge in [0.05, 0.1) is 5.56 Å². The maximum atomic E-state index is 12.8. The molecule has 0 spiro atoms. The van der Waals surface area contributed by atoms with Crippen molar-refractivity contribution < 1.29 is 14.3 Å². The second-order valence-corrected chi connectivity index (χ2v) is 6.21. The van der Waals surface area contributed by atoms with Gasteiger partial charge in [0, 0.05) is 38.4 Å². The molecule has 2 N–H and O–H groups in total. The molecule has 0 radical (unpaired) electrons. The molecular formula is C20H23N3O3S. The summed E-state index contributed by atoms with van der Waals surface area (Å²) in [6, 6.07) is 15.6. The lowest BCUT2D eigenvalue weighted by atomic mass is 9.98. The predicted molar refractivity (Wildman–Crippen MR) is 109 cm³/mol. The van der Waals surface area contributed by atoms with Crippen LogP contribution in [-0.2, 0) is 4.74 Å². The Balaban J connectivity index is 2.06. The standard InChI is InChI=1S/C20H23N3O3S/c1-23(20(27)21-13-8-14-26-2)22-19(25)17-12-7-6-11-16(17)18(24)15-9-4-3-5-10-15/h3-7,9-12H,8,13-14H2,1-2H3,(H,21,27)(H,22,25). The van der Waals surface area contributed by atoms with Crippen molar-refractivity contribution in [2.45, 2.75) is 6.42 Å². The minimum atomic E-state index is -0.404. The molecule has 0 aromatic heterocycles. The molecule has 0 aliphatic heterocycles. The third-order valence-corrected chi connectivity index (χ3v) is 4.25. The van der Waals surface area contributed by atoms with Crippen LogP contribution in [0.2, 0.25) is 0 Å². The highest BCUT2D eigenvalue weighted by Gasteiger charge is 2.19. The van der Waals surface area contributed by atoms with Crippen LogP contribution >= 0.6 is 12.2 Å². The van der Waals surface area contributed by atoms with Gasteiger partial charge in [-0.05, 0) is 24.7 Å². The quantitative estimate of drug-likeness (QED) is 0.330. The lowest BCUT2D eigenvalue weighted by Gasteiger charge is -2.22. The number of methoxy groups -OCH3 is 1. The molecule has 1 amide bonds. The second kappa shape index (κ2) is 10.4. The van der Waals surface area contributed by atoms with Crippen molar-refractivity contribution >= 4 is 29.0 Å². The number of carbonyl (C=O) groups excluding carboxylic acids is 2. The zero-order valence-corrected chi connectivity index (χ0v) is 16.2. The number of benzene rings is 2. The Morgan fingerprint density at radius 1 is 1.04 bits per heavy atom. The summed E-state index contributed by atoms with van der Waals surface area (Å²) in [5.41, 5.74) is 3.85. The van der Waals surface area contributed by atoms with E-state index in [-0.39, 0.29) is 5.78 Å². The van der Waals surface area contributed by atoms with Crippen molar-refractivity contribution in [1.29, 1.82) is 0 Å². The highest BCUT2D eigenvalue weighted by Crippen LogP contribution is 2.15. The van der Waals surface area contributed by atoms with Gasteiger partial charge in [-0.2, -0.15) is 0 Å². The Morgan fingerprint density at radius 3 is 2.33 bits per heavy atom. The van der Waals surface area contributed by atoms with E-state index >= 15 is 0 Å². The lowest BCUT2D eigenvalue weighted by Crippen LogP contribution is -2.48. The van der Waals surface area contributed by atoms with E-state index in [0.29, 0.717) is 35.0 Å². The van der Waals surface area contributed by atoms with Crippen LogP contribution in [0.25, 0.3) is 0 Å². The first-order valence-electron chi connectivity index (χ1n) is 8.55. The van der Waals surface area contributed by atoms with Gasteiger partial charge < -0.3 is 10.1 Å². The smallest absolute Gasteiger partial charge is 0.270 e. The number of hydrogen-bond acceptors (Lipinski definition) is 4. The Bertz CT molecular complexity index is 796. The van der Waals surface area contributed by atoms with Gasteiger partial charge in [-0.3, -0.25) is 20.0 Å². The molecule has 0 aliphatic carbocycles. The molecule has 0 bridgehead atoms. The van der Waals surface area contributed by atoms with Crippen molar-refractivity contribution in [2.24, 2.45) is 0 Å². The molecule has 27 heavy (non-hydrogen) atoms. The number of carbonyl (C=O) groups is 2. The summed E-state index contributed by atoms with van der Waals surface area (Å²) in [7, 11) is 3.28. The molecule has 7 heteroatoms. The largest absolute Gasteiger partial charge is 0.385 e. The predicted octanol–water partition coefficient (Wildman–Crippen LogP) is 2.41. The minimum Gasteiger partial charge on any atom is -0.385 e. The number of nitrogens with one attached hydrogen (secondary N) is 2. The second-order valence-electron chi connectivity index (χ2n) is 5.82. The van der Waals surface area contributed by atoms with Gasteiger partial charge in [0.2, 0.25) is 0 Å². The Hall–Kier alpha value is -2.77. The summed E-state index contributed by atoms with van der Waals surface area (Å²) in [6.45, 7) is 1.26. The summed E-state index contributed by atoms with van der Waals surface area (Å²) < 4.78 is 4.98. The normalized spacial score (nSPS) is 10.1. The SMILES string of the molecule is COCCCNC(=S)N(C)NC(=O)c1ccccc1C(=O)c1ccccc1. The molecule has 6 nitrogen and oxygen atoms in total. The number of nitrogens with zero attached hydrogens (tertiary/aromatic N) is 1. The maximum Gasteiger partial charge on any atom is 0.270 e. The van der Waals surface area contributed by atoms with Gasteiger partial charge in [0.25, 0.3) is 5.91 Å². The van der Waals surface area contributed by atoms with E-state index in [1.54, 1.807) is 62.7 Å². The summed E-state index contributed by atoms with van der Waals surface area (Å²) in [5, 5.41) is 4.84.